The zero-order valence-corrected chi connectivity index (χ0v) is 17.8. The lowest BCUT2D eigenvalue weighted by molar-refractivity contribution is -0.116. The fourth-order valence-corrected chi connectivity index (χ4v) is 4.59. The number of hydrogen-bond acceptors (Lipinski definition) is 6. The number of ether oxygens (including phenoxy) is 1. The van der Waals surface area contributed by atoms with Crippen LogP contribution < -0.4 is 15.5 Å². The normalized spacial score (nSPS) is 17.7. The van der Waals surface area contributed by atoms with E-state index in [0.29, 0.717) is 22.3 Å². The standard InChI is InChI=1S/C20H19ClFN5O2S/c1-3-16-24-25-20-27(16)26-17(11-8-9-15(29-2)12(21)10-11)18(30-20)19(28)23-14-7-5-4-6-13(14)22/h4-10,17-18,26H,3H2,1-2H3,(H,23,28)/t17-,18+/m1/s1. The topological polar surface area (TPSA) is 81.1 Å². The number of carbonyl (C=O) groups is 1. The molecule has 1 amide bonds. The van der Waals surface area contributed by atoms with Crippen molar-refractivity contribution in [2.24, 2.45) is 0 Å². The van der Waals surface area contributed by atoms with E-state index in [2.05, 4.69) is 20.9 Å². The van der Waals surface area contributed by atoms with E-state index < -0.39 is 17.1 Å². The number of aromatic nitrogens is 3. The van der Waals surface area contributed by atoms with Gasteiger partial charge in [-0.15, -0.1) is 10.2 Å². The van der Waals surface area contributed by atoms with Crippen molar-refractivity contribution in [2.75, 3.05) is 17.9 Å². The first-order chi connectivity index (χ1) is 14.5. The molecule has 1 aromatic heterocycles. The molecule has 0 aliphatic carbocycles. The predicted molar refractivity (Wildman–Crippen MR) is 114 cm³/mol. The molecule has 10 heteroatoms. The second-order valence-corrected chi connectivity index (χ2v) is 8.11. The third-order valence-corrected chi connectivity index (χ3v) is 6.26. The van der Waals surface area contributed by atoms with Crippen LogP contribution in [0.5, 0.6) is 5.75 Å². The molecular weight excluding hydrogens is 429 g/mol. The molecule has 0 fully saturated rings. The number of para-hydroxylation sites is 1. The molecule has 2 atom stereocenters. The van der Waals surface area contributed by atoms with Gasteiger partial charge in [-0.05, 0) is 29.8 Å². The molecule has 2 heterocycles. The number of rotatable bonds is 5. The van der Waals surface area contributed by atoms with Crippen molar-refractivity contribution in [3.05, 3.63) is 64.7 Å². The van der Waals surface area contributed by atoms with E-state index in [1.165, 1.54) is 31.0 Å². The van der Waals surface area contributed by atoms with Gasteiger partial charge in [-0.25, -0.2) is 9.07 Å². The van der Waals surface area contributed by atoms with E-state index in [1.54, 1.807) is 28.9 Å². The zero-order valence-electron chi connectivity index (χ0n) is 16.2. The van der Waals surface area contributed by atoms with Crippen LogP contribution in [0.1, 0.15) is 24.4 Å². The van der Waals surface area contributed by atoms with Gasteiger partial charge < -0.3 is 15.5 Å². The van der Waals surface area contributed by atoms with Gasteiger partial charge in [-0.3, -0.25) is 4.79 Å². The molecule has 1 aliphatic heterocycles. The monoisotopic (exact) mass is 447 g/mol. The first-order valence-electron chi connectivity index (χ1n) is 9.28. The second-order valence-electron chi connectivity index (χ2n) is 6.60. The number of carbonyl (C=O) groups excluding carboxylic acids is 1. The summed E-state index contributed by atoms with van der Waals surface area (Å²) in [7, 11) is 1.54. The third-order valence-electron chi connectivity index (χ3n) is 4.75. The Kier molecular flexibility index (Phi) is 5.83. The fraction of sp³-hybridized carbons (Fsp3) is 0.250. The van der Waals surface area contributed by atoms with Gasteiger partial charge in [-0.1, -0.05) is 48.5 Å². The molecule has 30 heavy (non-hydrogen) atoms. The average Bonchev–Trinajstić information content (AvgIpc) is 3.16. The summed E-state index contributed by atoms with van der Waals surface area (Å²) in [5.41, 5.74) is 4.23. The lowest BCUT2D eigenvalue weighted by Gasteiger charge is -2.33. The van der Waals surface area contributed by atoms with Crippen molar-refractivity contribution in [3.8, 4) is 5.75 Å². The highest BCUT2D eigenvalue weighted by atomic mass is 35.5. The van der Waals surface area contributed by atoms with Gasteiger partial charge in [0, 0.05) is 6.42 Å². The maximum Gasteiger partial charge on any atom is 0.240 e. The Balaban J connectivity index is 1.70. The summed E-state index contributed by atoms with van der Waals surface area (Å²) >= 11 is 7.59. The van der Waals surface area contributed by atoms with Crippen LogP contribution in [0.25, 0.3) is 0 Å². The first kappa shape index (κ1) is 20.5. The summed E-state index contributed by atoms with van der Waals surface area (Å²) in [6.45, 7) is 1.97. The molecule has 2 N–H and O–H groups in total. The highest BCUT2D eigenvalue weighted by Crippen LogP contribution is 2.39. The van der Waals surface area contributed by atoms with Gasteiger partial charge in [-0.2, -0.15) is 0 Å². The Bertz CT molecular complexity index is 1090. The van der Waals surface area contributed by atoms with Crippen molar-refractivity contribution < 1.29 is 13.9 Å². The molecular formula is C20H19ClFN5O2S. The molecule has 1 aliphatic rings. The van der Waals surface area contributed by atoms with Gasteiger partial charge >= 0.3 is 0 Å². The zero-order chi connectivity index (χ0) is 21.3. The van der Waals surface area contributed by atoms with Crippen LogP contribution in [-0.4, -0.2) is 33.1 Å². The number of anilines is 1. The van der Waals surface area contributed by atoms with E-state index in [0.717, 1.165) is 11.4 Å². The lowest BCUT2D eigenvalue weighted by Crippen LogP contribution is -2.41. The molecule has 0 unspecified atom stereocenters. The summed E-state index contributed by atoms with van der Waals surface area (Å²) in [6, 6.07) is 10.9. The third kappa shape index (κ3) is 3.82. The van der Waals surface area contributed by atoms with Crippen LogP contribution in [-0.2, 0) is 11.2 Å². The summed E-state index contributed by atoms with van der Waals surface area (Å²) in [5.74, 6) is 0.424. The van der Waals surface area contributed by atoms with Crippen molar-refractivity contribution in [1.29, 1.82) is 0 Å². The van der Waals surface area contributed by atoms with Crippen LogP contribution in [0.2, 0.25) is 5.02 Å². The molecule has 0 bridgehead atoms. The van der Waals surface area contributed by atoms with E-state index in [4.69, 9.17) is 16.3 Å². The Morgan fingerprint density at radius 1 is 1.33 bits per heavy atom. The van der Waals surface area contributed by atoms with Crippen molar-refractivity contribution in [3.63, 3.8) is 0 Å². The number of nitrogens with zero attached hydrogens (tertiary/aromatic N) is 3. The number of aryl methyl sites for hydroxylation is 1. The van der Waals surface area contributed by atoms with Crippen LogP contribution >= 0.6 is 23.4 Å². The maximum absolute atomic E-state index is 14.1. The quantitative estimate of drug-likeness (QED) is 0.614. The Hall–Kier alpha value is -2.78. The van der Waals surface area contributed by atoms with Gasteiger partial charge in [0.15, 0.2) is 5.82 Å². The number of amides is 1. The van der Waals surface area contributed by atoms with Crippen molar-refractivity contribution in [2.45, 2.75) is 29.8 Å². The smallest absolute Gasteiger partial charge is 0.240 e. The molecule has 0 spiro atoms. The number of hydrogen-bond donors (Lipinski definition) is 2. The lowest BCUT2D eigenvalue weighted by atomic mass is 10.0. The molecule has 0 saturated heterocycles. The van der Waals surface area contributed by atoms with E-state index in [1.807, 2.05) is 13.0 Å². The van der Waals surface area contributed by atoms with E-state index >= 15 is 0 Å². The van der Waals surface area contributed by atoms with Crippen LogP contribution in [0.15, 0.2) is 47.6 Å². The van der Waals surface area contributed by atoms with E-state index in [9.17, 15) is 9.18 Å². The molecule has 2 aromatic carbocycles. The molecule has 4 rings (SSSR count). The number of fused-ring (bicyclic) bond motifs is 1. The number of methoxy groups -OCH3 is 1. The second kappa shape index (κ2) is 8.53. The van der Waals surface area contributed by atoms with Gasteiger partial charge in [0.1, 0.15) is 16.8 Å². The first-order valence-corrected chi connectivity index (χ1v) is 10.5. The molecule has 7 nitrogen and oxygen atoms in total. The SMILES string of the molecule is CCc1nnc2n1N[C@H](c1ccc(OC)c(Cl)c1)[C@@H](C(=O)Nc1ccccc1F)S2. The number of benzene rings is 2. The minimum Gasteiger partial charge on any atom is -0.495 e. The predicted octanol–water partition coefficient (Wildman–Crippen LogP) is 4.04. The van der Waals surface area contributed by atoms with Crippen LogP contribution in [0.3, 0.4) is 0 Å². The Morgan fingerprint density at radius 2 is 2.13 bits per heavy atom. The minimum atomic E-state index is -0.643. The maximum atomic E-state index is 14.1. The Labute approximate surface area is 181 Å². The summed E-state index contributed by atoms with van der Waals surface area (Å²) in [4.78, 5) is 13.1. The number of halogens is 2. The summed E-state index contributed by atoms with van der Waals surface area (Å²) < 4.78 is 21.1. The summed E-state index contributed by atoms with van der Waals surface area (Å²) in [5, 5.41) is 11.4. The fourth-order valence-electron chi connectivity index (χ4n) is 3.22. The van der Waals surface area contributed by atoms with Gasteiger partial charge in [0.05, 0.1) is 23.9 Å². The highest BCUT2D eigenvalue weighted by molar-refractivity contribution is 8.00. The Morgan fingerprint density at radius 3 is 2.83 bits per heavy atom. The van der Waals surface area contributed by atoms with Crippen molar-refractivity contribution in [1.82, 2.24) is 14.9 Å². The average molecular weight is 448 g/mol. The van der Waals surface area contributed by atoms with Crippen LogP contribution in [0.4, 0.5) is 10.1 Å². The number of thioether (sulfide) groups is 1. The summed E-state index contributed by atoms with van der Waals surface area (Å²) in [6.07, 6.45) is 0.669. The van der Waals surface area contributed by atoms with Crippen molar-refractivity contribution >= 4 is 35.0 Å². The van der Waals surface area contributed by atoms with Crippen LogP contribution in [0, 0.1) is 5.82 Å². The highest BCUT2D eigenvalue weighted by Gasteiger charge is 2.38. The largest absolute Gasteiger partial charge is 0.495 e. The molecule has 3 aromatic rings. The minimum absolute atomic E-state index is 0.121. The molecule has 156 valence electrons. The number of nitrogens with one attached hydrogen (secondary N) is 2. The van der Waals surface area contributed by atoms with E-state index in [-0.39, 0.29) is 11.6 Å². The molecule has 0 saturated carbocycles. The molecule has 0 radical (unpaired) electrons. The van der Waals surface area contributed by atoms with Gasteiger partial charge in [0.2, 0.25) is 11.1 Å². The van der Waals surface area contributed by atoms with Gasteiger partial charge in [0.25, 0.3) is 0 Å².